The van der Waals surface area contributed by atoms with Crippen LogP contribution >= 0.6 is 0 Å². The van der Waals surface area contributed by atoms with Crippen LogP contribution in [0.4, 0.5) is 13.2 Å². The van der Waals surface area contributed by atoms with Crippen LogP contribution in [0.15, 0.2) is 24.3 Å². The molecular formula is C22H31F3O5. The average molecular weight is 432 g/mol. The smallest absolute Gasteiger partial charge is 0.422 e. The van der Waals surface area contributed by atoms with Crippen LogP contribution in [0, 0.1) is 11.8 Å². The van der Waals surface area contributed by atoms with Crippen molar-refractivity contribution in [2.75, 3.05) is 33.0 Å². The van der Waals surface area contributed by atoms with Gasteiger partial charge in [-0.15, -0.1) is 0 Å². The summed E-state index contributed by atoms with van der Waals surface area (Å²) in [5, 5.41) is 0. The summed E-state index contributed by atoms with van der Waals surface area (Å²) in [5.41, 5.74) is 0.987. The second-order valence-electron chi connectivity index (χ2n) is 7.99. The number of benzene rings is 1. The highest BCUT2D eigenvalue weighted by atomic mass is 19.4. The SMILES string of the molecule is CCCCC1COC(C2COC(CCc3ccc(OCC(F)(F)F)cc3)OC2)OC1. The number of aryl methyl sites for hydroxylation is 1. The van der Waals surface area contributed by atoms with E-state index in [1.807, 2.05) is 0 Å². The van der Waals surface area contributed by atoms with Crippen LogP contribution in [0.3, 0.4) is 0 Å². The van der Waals surface area contributed by atoms with E-state index in [2.05, 4.69) is 6.92 Å². The maximum absolute atomic E-state index is 12.2. The Morgan fingerprint density at radius 1 is 0.933 bits per heavy atom. The van der Waals surface area contributed by atoms with E-state index in [4.69, 9.17) is 23.7 Å². The molecule has 0 unspecified atom stereocenters. The molecule has 2 heterocycles. The third-order valence-electron chi connectivity index (χ3n) is 5.33. The Morgan fingerprint density at radius 3 is 2.20 bits per heavy atom. The number of alkyl halides is 3. The Balaban J connectivity index is 1.32. The zero-order valence-corrected chi connectivity index (χ0v) is 17.4. The van der Waals surface area contributed by atoms with E-state index in [1.165, 1.54) is 12.8 Å². The maximum Gasteiger partial charge on any atom is 0.422 e. The molecule has 170 valence electrons. The fraction of sp³-hybridized carbons (Fsp3) is 0.727. The van der Waals surface area contributed by atoms with Crippen LogP contribution in [-0.4, -0.2) is 51.8 Å². The molecule has 0 atom stereocenters. The number of ether oxygens (including phenoxy) is 5. The van der Waals surface area contributed by atoms with Crippen molar-refractivity contribution in [1.82, 2.24) is 0 Å². The molecule has 5 nitrogen and oxygen atoms in total. The Bertz CT molecular complexity index is 606. The maximum atomic E-state index is 12.2. The van der Waals surface area contributed by atoms with Gasteiger partial charge >= 0.3 is 6.18 Å². The van der Waals surface area contributed by atoms with Gasteiger partial charge in [0.2, 0.25) is 0 Å². The van der Waals surface area contributed by atoms with Gasteiger partial charge in [-0.2, -0.15) is 13.2 Å². The molecule has 0 aromatic heterocycles. The molecule has 1 aromatic rings. The van der Waals surface area contributed by atoms with E-state index in [-0.39, 0.29) is 24.2 Å². The van der Waals surface area contributed by atoms with Gasteiger partial charge in [0.1, 0.15) is 5.75 Å². The minimum atomic E-state index is -4.34. The summed E-state index contributed by atoms with van der Waals surface area (Å²) in [6, 6.07) is 6.61. The lowest BCUT2D eigenvalue weighted by Gasteiger charge is -2.37. The van der Waals surface area contributed by atoms with E-state index in [9.17, 15) is 13.2 Å². The fourth-order valence-electron chi connectivity index (χ4n) is 3.57. The van der Waals surface area contributed by atoms with Crippen molar-refractivity contribution in [3.8, 4) is 5.75 Å². The molecule has 30 heavy (non-hydrogen) atoms. The van der Waals surface area contributed by atoms with Crippen LogP contribution in [0.5, 0.6) is 5.75 Å². The molecule has 2 saturated heterocycles. The van der Waals surface area contributed by atoms with Crippen LogP contribution in [-0.2, 0) is 25.4 Å². The Labute approximate surface area is 175 Å². The highest BCUT2D eigenvalue weighted by molar-refractivity contribution is 5.27. The molecule has 1 aromatic carbocycles. The molecule has 0 spiro atoms. The monoisotopic (exact) mass is 432 g/mol. The molecule has 0 radical (unpaired) electrons. The van der Waals surface area contributed by atoms with Gasteiger partial charge in [0.25, 0.3) is 0 Å². The van der Waals surface area contributed by atoms with Gasteiger partial charge in [-0.05, 0) is 30.5 Å². The second-order valence-corrected chi connectivity index (χ2v) is 7.99. The van der Waals surface area contributed by atoms with Gasteiger partial charge < -0.3 is 23.7 Å². The van der Waals surface area contributed by atoms with E-state index in [0.29, 0.717) is 32.0 Å². The summed E-state index contributed by atoms with van der Waals surface area (Å²) in [6.45, 7) is 3.41. The largest absolute Gasteiger partial charge is 0.484 e. The minimum absolute atomic E-state index is 0.0680. The molecule has 0 amide bonds. The topological polar surface area (TPSA) is 46.2 Å². The molecule has 2 fully saturated rings. The van der Waals surface area contributed by atoms with Crippen LogP contribution in [0.2, 0.25) is 0 Å². The zero-order chi connectivity index (χ0) is 21.4. The lowest BCUT2D eigenvalue weighted by Crippen LogP contribution is -2.44. The molecule has 3 rings (SSSR count). The van der Waals surface area contributed by atoms with Gasteiger partial charge in [0.15, 0.2) is 19.2 Å². The number of halogens is 3. The third-order valence-corrected chi connectivity index (χ3v) is 5.33. The first-order valence-electron chi connectivity index (χ1n) is 10.7. The number of unbranched alkanes of at least 4 members (excludes halogenated alkanes) is 1. The lowest BCUT2D eigenvalue weighted by atomic mass is 10.0. The molecule has 0 N–H and O–H groups in total. The van der Waals surface area contributed by atoms with Crippen molar-refractivity contribution in [2.45, 2.75) is 57.8 Å². The van der Waals surface area contributed by atoms with Crippen molar-refractivity contribution in [3.63, 3.8) is 0 Å². The van der Waals surface area contributed by atoms with E-state index < -0.39 is 12.8 Å². The van der Waals surface area contributed by atoms with Crippen LogP contribution in [0.1, 0.15) is 38.2 Å². The average Bonchev–Trinajstić information content (AvgIpc) is 2.76. The number of rotatable bonds is 9. The van der Waals surface area contributed by atoms with Crippen LogP contribution in [0.25, 0.3) is 0 Å². The quantitative estimate of drug-likeness (QED) is 0.565. The number of hydrogen-bond donors (Lipinski definition) is 0. The highest BCUT2D eigenvalue weighted by Crippen LogP contribution is 2.26. The van der Waals surface area contributed by atoms with Gasteiger partial charge in [-0.1, -0.05) is 31.9 Å². The van der Waals surface area contributed by atoms with Gasteiger partial charge in [-0.3, -0.25) is 0 Å². The van der Waals surface area contributed by atoms with E-state index >= 15 is 0 Å². The minimum Gasteiger partial charge on any atom is -0.484 e. The molecule has 0 aliphatic carbocycles. The Kier molecular flexibility index (Phi) is 8.80. The van der Waals surface area contributed by atoms with E-state index in [0.717, 1.165) is 25.2 Å². The van der Waals surface area contributed by atoms with Crippen molar-refractivity contribution in [3.05, 3.63) is 29.8 Å². The summed E-state index contributed by atoms with van der Waals surface area (Å²) in [7, 11) is 0. The fourth-order valence-corrected chi connectivity index (χ4v) is 3.57. The summed E-state index contributed by atoms with van der Waals surface area (Å²) in [6.07, 6.45) is -0.0265. The molecule has 2 aliphatic rings. The van der Waals surface area contributed by atoms with Crippen LogP contribution < -0.4 is 4.74 Å². The van der Waals surface area contributed by atoms with Crippen molar-refractivity contribution in [1.29, 1.82) is 0 Å². The third kappa shape index (κ3) is 7.72. The normalized spacial score (nSPS) is 27.7. The molecular weight excluding hydrogens is 401 g/mol. The molecule has 8 heteroatoms. The Morgan fingerprint density at radius 2 is 1.60 bits per heavy atom. The van der Waals surface area contributed by atoms with Gasteiger partial charge in [0, 0.05) is 12.3 Å². The molecule has 2 aliphatic heterocycles. The van der Waals surface area contributed by atoms with Gasteiger partial charge in [-0.25, -0.2) is 0 Å². The summed E-state index contributed by atoms with van der Waals surface area (Å²) in [4.78, 5) is 0. The lowest BCUT2D eigenvalue weighted by molar-refractivity contribution is -0.281. The molecule has 0 bridgehead atoms. The number of hydrogen-bond acceptors (Lipinski definition) is 5. The van der Waals surface area contributed by atoms with Crippen molar-refractivity contribution >= 4 is 0 Å². The van der Waals surface area contributed by atoms with Crippen molar-refractivity contribution < 1.29 is 36.9 Å². The predicted molar refractivity (Wildman–Crippen MR) is 104 cm³/mol. The summed E-state index contributed by atoms with van der Waals surface area (Å²) >= 11 is 0. The van der Waals surface area contributed by atoms with Gasteiger partial charge in [0.05, 0.1) is 32.3 Å². The predicted octanol–water partition coefficient (Wildman–Crippen LogP) is 4.73. The first-order valence-corrected chi connectivity index (χ1v) is 10.7. The highest BCUT2D eigenvalue weighted by Gasteiger charge is 2.33. The molecule has 0 saturated carbocycles. The van der Waals surface area contributed by atoms with E-state index in [1.54, 1.807) is 24.3 Å². The second kappa shape index (κ2) is 11.3. The van der Waals surface area contributed by atoms with Crippen molar-refractivity contribution in [2.24, 2.45) is 11.8 Å². The first kappa shape index (κ1) is 23.3. The summed E-state index contributed by atoms with van der Waals surface area (Å²) in [5.74, 6) is 0.747. The first-order chi connectivity index (χ1) is 14.4. The standard InChI is InChI=1S/C22H31F3O5/c1-2-3-4-17-11-28-21(29-12-17)18-13-26-20(27-14-18)10-7-16-5-8-19(9-6-16)30-15-22(23,24)25/h5-6,8-9,17-18,20-21H,2-4,7,10-15H2,1H3. The summed E-state index contributed by atoms with van der Waals surface area (Å²) < 4.78 is 64.7. The Hall–Kier alpha value is -1.35. The zero-order valence-electron chi connectivity index (χ0n) is 17.4.